The van der Waals surface area contributed by atoms with Gasteiger partial charge in [0.15, 0.2) is 12.2 Å². The van der Waals surface area contributed by atoms with Gasteiger partial charge in [0.25, 0.3) is 11.8 Å². The third-order valence-corrected chi connectivity index (χ3v) is 4.34. The van der Waals surface area contributed by atoms with E-state index < -0.39 is 18.5 Å². The Morgan fingerprint density at radius 1 is 1.13 bits per heavy atom. The fourth-order valence-corrected chi connectivity index (χ4v) is 2.72. The molecule has 8 nitrogen and oxygen atoms in total. The van der Waals surface area contributed by atoms with Crippen LogP contribution in [-0.4, -0.2) is 35.4 Å². The Morgan fingerprint density at radius 2 is 1.97 bits per heavy atom. The first-order valence-corrected chi connectivity index (χ1v) is 9.48. The predicted octanol–water partition coefficient (Wildman–Crippen LogP) is 2.92. The predicted molar refractivity (Wildman–Crippen MR) is 110 cm³/mol. The number of fused-ring (bicyclic) bond motifs is 1. The number of ether oxygens (including phenoxy) is 1. The van der Waals surface area contributed by atoms with E-state index in [-0.39, 0.29) is 17.8 Å². The first-order chi connectivity index (χ1) is 14.6. The fourth-order valence-electron chi connectivity index (χ4n) is 2.72. The third kappa shape index (κ3) is 5.11. The maximum atomic E-state index is 12.1. The lowest BCUT2D eigenvalue weighted by molar-refractivity contribution is -0.142. The average molecular weight is 405 g/mol. The molecular weight excluding hydrogens is 386 g/mol. The molecule has 3 aromatic rings. The normalized spacial score (nSPS) is 13.3. The van der Waals surface area contributed by atoms with Crippen LogP contribution in [0.5, 0.6) is 0 Å². The SMILES string of the molecule is O=C(COC(=O)/C=C/c1nc2ccccc2o1)Nc1cccc(C(=O)NC2CC2)c1. The lowest BCUT2D eigenvalue weighted by atomic mass is 10.2. The molecule has 0 unspecified atom stereocenters. The summed E-state index contributed by atoms with van der Waals surface area (Å²) < 4.78 is 10.4. The molecule has 1 aliphatic carbocycles. The van der Waals surface area contributed by atoms with Gasteiger partial charge >= 0.3 is 5.97 Å². The number of esters is 1. The molecule has 0 saturated heterocycles. The van der Waals surface area contributed by atoms with Gasteiger partial charge in [0.05, 0.1) is 0 Å². The van der Waals surface area contributed by atoms with Crippen molar-refractivity contribution in [3.8, 4) is 0 Å². The third-order valence-electron chi connectivity index (χ3n) is 4.34. The molecule has 152 valence electrons. The van der Waals surface area contributed by atoms with E-state index in [4.69, 9.17) is 9.15 Å². The molecule has 8 heteroatoms. The van der Waals surface area contributed by atoms with Crippen molar-refractivity contribution in [2.45, 2.75) is 18.9 Å². The zero-order chi connectivity index (χ0) is 20.9. The standard InChI is InChI=1S/C22H19N3O5/c26-19(23-16-5-3-4-14(12-16)22(28)24-15-8-9-15)13-29-21(27)11-10-20-25-17-6-1-2-7-18(17)30-20/h1-7,10-12,15H,8-9,13H2,(H,23,26)(H,24,28)/b11-10+. The van der Waals surface area contributed by atoms with E-state index in [9.17, 15) is 14.4 Å². The average Bonchev–Trinajstić information content (AvgIpc) is 3.46. The first kappa shape index (κ1) is 19.4. The van der Waals surface area contributed by atoms with Crippen LogP contribution in [0.2, 0.25) is 0 Å². The number of oxazole rings is 1. The van der Waals surface area contributed by atoms with Crippen LogP contribution in [0.15, 0.2) is 59.0 Å². The lowest BCUT2D eigenvalue weighted by Crippen LogP contribution is -2.25. The topological polar surface area (TPSA) is 111 Å². The molecule has 1 heterocycles. The van der Waals surface area contributed by atoms with Gasteiger partial charge < -0.3 is 19.8 Å². The Hall–Kier alpha value is -3.94. The monoisotopic (exact) mass is 405 g/mol. The van der Waals surface area contributed by atoms with Crippen LogP contribution in [-0.2, 0) is 14.3 Å². The minimum atomic E-state index is -0.704. The number of para-hydroxylation sites is 2. The van der Waals surface area contributed by atoms with Gasteiger partial charge in [-0.1, -0.05) is 18.2 Å². The number of hydrogen-bond donors (Lipinski definition) is 2. The smallest absolute Gasteiger partial charge is 0.331 e. The van der Waals surface area contributed by atoms with E-state index in [1.54, 1.807) is 36.4 Å². The van der Waals surface area contributed by atoms with Crippen molar-refractivity contribution >= 4 is 40.6 Å². The van der Waals surface area contributed by atoms with Crippen molar-refractivity contribution in [1.82, 2.24) is 10.3 Å². The van der Waals surface area contributed by atoms with Gasteiger partial charge in [-0.3, -0.25) is 9.59 Å². The fraction of sp³-hybridized carbons (Fsp3) is 0.182. The van der Waals surface area contributed by atoms with Crippen molar-refractivity contribution < 1.29 is 23.5 Å². The highest BCUT2D eigenvalue weighted by atomic mass is 16.5. The van der Waals surface area contributed by atoms with E-state index in [0.29, 0.717) is 22.4 Å². The maximum Gasteiger partial charge on any atom is 0.331 e. The van der Waals surface area contributed by atoms with Crippen molar-refractivity contribution in [1.29, 1.82) is 0 Å². The van der Waals surface area contributed by atoms with Gasteiger partial charge in [-0.25, -0.2) is 9.78 Å². The summed E-state index contributed by atoms with van der Waals surface area (Å²) in [6.45, 7) is -0.463. The number of amides is 2. The molecule has 0 aliphatic heterocycles. The number of benzene rings is 2. The van der Waals surface area contributed by atoms with Gasteiger partial charge in [-0.2, -0.15) is 0 Å². The Balaban J connectivity index is 1.26. The van der Waals surface area contributed by atoms with E-state index in [0.717, 1.165) is 18.9 Å². The van der Waals surface area contributed by atoms with Crippen LogP contribution in [0.25, 0.3) is 17.2 Å². The number of nitrogens with zero attached hydrogens (tertiary/aromatic N) is 1. The molecule has 2 amide bonds. The minimum absolute atomic E-state index is 0.177. The summed E-state index contributed by atoms with van der Waals surface area (Å²) in [5.41, 5.74) is 2.19. The number of rotatable bonds is 7. The summed E-state index contributed by atoms with van der Waals surface area (Å²) >= 11 is 0. The number of nitrogens with one attached hydrogen (secondary N) is 2. The Morgan fingerprint density at radius 3 is 2.77 bits per heavy atom. The summed E-state index contributed by atoms with van der Waals surface area (Å²) in [4.78, 5) is 40.1. The minimum Gasteiger partial charge on any atom is -0.452 e. The van der Waals surface area contributed by atoms with Gasteiger partial charge in [0.1, 0.15) is 5.52 Å². The van der Waals surface area contributed by atoms with Crippen molar-refractivity contribution in [3.63, 3.8) is 0 Å². The van der Waals surface area contributed by atoms with E-state index in [1.165, 1.54) is 6.08 Å². The Bertz CT molecular complexity index is 1100. The molecule has 1 fully saturated rings. The van der Waals surface area contributed by atoms with Crippen LogP contribution >= 0.6 is 0 Å². The van der Waals surface area contributed by atoms with Gasteiger partial charge in [0.2, 0.25) is 5.89 Å². The number of hydrogen-bond acceptors (Lipinski definition) is 6. The first-order valence-electron chi connectivity index (χ1n) is 9.48. The zero-order valence-electron chi connectivity index (χ0n) is 16.0. The van der Waals surface area contributed by atoms with Crippen LogP contribution in [0.4, 0.5) is 5.69 Å². The Kier molecular flexibility index (Phi) is 5.56. The van der Waals surface area contributed by atoms with Crippen LogP contribution in [0.1, 0.15) is 29.1 Å². The number of anilines is 1. The molecular formula is C22H19N3O5. The van der Waals surface area contributed by atoms with E-state index >= 15 is 0 Å². The summed E-state index contributed by atoms with van der Waals surface area (Å²) in [6.07, 6.45) is 4.51. The summed E-state index contributed by atoms with van der Waals surface area (Å²) in [5.74, 6) is -1.13. The van der Waals surface area contributed by atoms with Crippen LogP contribution < -0.4 is 10.6 Å². The van der Waals surface area contributed by atoms with E-state index in [2.05, 4.69) is 15.6 Å². The maximum absolute atomic E-state index is 12.1. The molecule has 1 aromatic heterocycles. The molecule has 4 rings (SSSR count). The van der Waals surface area contributed by atoms with Crippen molar-refractivity contribution in [3.05, 3.63) is 66.1 Å². The molecule has 1 aliphatic rings. The van der Waals surface area contributed by atoms with E-state index in [1.807, 2.05) is 12.1 Å². The summed E-state index contributed by atoms with van der Waals surface area (Å²) in [7, 11) is 0. The zero-order valence-corrected chi connectivity index (χ0v) is 16.0. The molecule has 0 spiro atoms. The molecule has 0 atom stereocenters. The quantitative estimate of drug-likeness (QED) is 0.462. The molecule has 1 saturated carbocycles. The van der Waals surface area contributed by atoms with Crippen LogP contribution in [0, 0.1) is 0 Å². The second kappa shape index (κ2) is 8.60. The highest BCUT2D eigenvalue weighted by molar-refractivity contribution is 5.98. The molecule has 30 heavy (non-hydrogen) atoms. The number of carbonyl (C=O) groups excluding carboxylic acids is 3. The molecule has 0 bridgehead atoms. The summed E-state index contributed by atoms with van der Waals surface area (Å²) in [6, 6.07) is 14.0. The highest BCUT2D eigenvalue weighted by Crippen LogP contribution is 2.20. The second-order valence-electron chi connectivity index (χ2n) is 6.84. The number of carbonyl (C=O) groups is 3. The largest absolute Gasteiger partial charge is 0.452 e. The summed E-state index contributed by atoms with van der Waals surface area (Å²) in [5, 5.41) is 5.49. The molecule has 2 N–H and O–H groups in total. The van der Waals surface area contributed by atoms with Crippen molar-refractivity contribution in [2.75, 3.05) is 11.9 Å². The van der Waals surface area contributed by atoms with Gasteiger partial charge in [0, 0.05) is 29.4 Å². The highest BCUT2D eigenvalue weighted by Gasteiger charge is 2.23. The number of aromatic nitrogens is 1. The Labute approximate surface area is 171 Å². The second-order valence-corrected chi connectivity index (χ2v) is 6.84. The van der Waals surface area contributed by atoms with Crippen LogP contribution in [0.3, 0.4) is 0 Å². The lowest BCUT2D eigenvalue weighted by Gasteiger charge is -2.08. The van der Waals surface area contributed by atoms with Gasteiger partial charge in [-0.15, -0.1) is 0 Å². The molecule has 2 aromatic carbocycles. The van der Waals surface area contributed by atoms with Gasteiger partial charge in [-0.05, 0) is 43.2 Å². The molecule has 0 radical (unpaired) electrons. The van der Waals surface area contributed by atoms with Crippen molar-refractivity contribution in [2.24, 2.45) is 0 Å².